The Balaban J connectivity index is 1.68. The van der Waals surface area contributed by atoms with E-state index in [0.717, 1.165) is 21.2 Å². The highest BCUT2D eigenvalue weighted by Crippen LogP contribution is 2.30. The maximum absolute atomic E-state index is 6.41. The molecule has 0 atom stereocenters. The van der Waals surface area contributed by atoms with Crippen molar-refractivity contribution in [2.24, 2.45) is 5.10 Å². The minimum atomic E-state index is 0.432. The number of aromatic nitrogens is 1. The highest BCUT2D eigenvalue weighted by Gasteiger charge is 2.11. The number of anilines is 1. The van der Waals surface area contributed by atoms with Gasteiger partial charge in [0, 0.05) is 22.0 Å². The summed E-state index contributed by atoms with van der Waals surface area (Å²) in [6, 6.07) is 23.1. The third-order valence-electron chi connectivity index (χ3n) is 4.39. The van der Waals surface area contributed by atoms with Gasteiger partial charge >= 0.3 is 0 Å². The van der Waals surface area contributed by atoms with Crippen LogP contribution in [0.25, 0.3) is 32.5 Å². The van der Waals surface area contributed by atoms with Crippen molar-refractivity contribution in [3.63, 3.8) is 0 Å². The molecular formula is C22H13Cl2N3OS. The number of hydrogen-bond donors (Lipinski definition) is 1. The average Bonchev–Trinajstić information content (AvgIpc) is 3.16. The SMILES string of the molecule is Clc1cc(Cl)c2oc(-c3ccccc3)cc(=NNc3nc4ccccc4s3)c2c1. The van der Waals surface area contributed by atoms with E-state index in [1.54, 1.807) is 12.1 Å². The van der Waals surface area contributed by atoms with E-state index in [1.807, 2.05) is 60.7 Å². The normalized spacial score (nSPS) is 12.0. The van der Waals surface area contributed by atoms with Crippen LogP contribution >= 0.6 is 34.5 Å². The number of nitrogens with one attached hydrogen (secondary N) is 1. The molecule has 0 saturated carbocycles. The number of thiazole rings is 1. The molecule has 0 unspecified atom stereocenters. The Morgan fingerprint density at radius 3 is 2.55 bits per heavy atom. The van der Waals surface area contributed by atoms with Gasteiger partial charge < -0.3 is 4.42 Å². The Kier molecular flexibility index (Phi) is 4.72. The van der Waals surface area contributed by atoms with Crippen LogP contribution in [-0.2, 0) is 0 Å². The van der Waals surface area contributed by atoms with Gasteiger partial charge in [-0.1, -0.05) is 77.0 Å². The molecule has 7 heteroatoms. The van der Waals surface area contributed by atoms with Crippen molar-refractivity contribution in [2.45, 2.75) is 0 Å². The van der Waals surface area contributed by atoms with Gasteiger partial charge in [0.1, 0.15) is 5.76 Å². The first-order valence-corrected chi connectivity index (χ1v) is 10.4. The van der Waals surface area contributed by atoms with Crippen molar-refractivity contribution in [1.29, 1.82) is 0 Å². The second-order valence-electron chi connectivity index (χ2n) is 6.34. The van der Waals surface area contributed by atoms with Gasteiger partial charge in [-0.2, -0.15) is 5.10 Å². The molecule has 5 rings (SSSR count). The van der Waals surface area contributed by atoms with E-state index in [0.29, 0.717) is 31.9 Å². The van der Waals surface area contributed by atoms with Crippen LogP contribution in [0.1, 0.15) is 0 Å². The van der Waals surface area contributed by atoms with Gasteiger partial charge in [0.15, 0.2) is 5.58 Å². The monoisotopic (exact) mass is 437 g/mol. The van der Waals surface area contributed by atoms with Crippen LogP contribution in [0.2, 0.25) is 10.0 Å². The molecule has 0 saturated heterocycles. The number of nitrogens with zero attached hydrogens (tertiary/aromatic N) is 2. The summed E-state index contributed by atoms with van der Waals surface area (Å²) >= 11 is 14.2. The predicted octanol–water partition coefficient (Wildman–Crippen LogP) is 6.94. The van der Waals surface area contributed by atoms with Gasteiger partial charge in [-0.15, -0.1) is 0 Å². The summed E-state index contributed by atoms with van der Waals surface area (Å²) in [5.74, 6) is 0.659. The van der Waals surface area contributed by atoms with E-state index in [2.05, 4.69) is 15.5 Å². The molecule has 0 spiro atoms. The fourth-order valence-electron chi connectivity index (χ4n) is 3.06. The molecule has 2 heterocycles. The van der Waals surface area contributed by atoms with Gasteiger partial charge in [-0.05, 0) is 24.3 Å². The van der Waals surface area contributed by atoms with Crippen LogP contribution < -0.4 is 10.8 Å². The van der Waals surface area contributed by atoms with Crippen molar-refractivity contribution in [2.75, 3.05) is 5.43 Å². The molecule has 5 aromatic rings. The molecule has 0 amide bonds. The lowest BCUT2D eigenvalue weighted by Crippen LogP contribution is -2.07. The lowest BCUT2D eigenvalue weighted by molar-refractivity contribution is 0.618. The molecule has 2 aromatic heterocycles. The van der Waals surface area contributed by atoms with E-state index in [9.17, 15) is 0 Å². The maximum Gasteiger partial charge on any atom is 0.204 e. The highest BCUT2D eigenvalue weighted by atomic mass is 35.5. The summed E-state index contributed by atoms with van der Waals surface area (Å²) < 4.78 is 7.17. The predicted molar refractivity (Wildman–Crippen MR) is 120 cm³/mol. The van der Waals surface area contributed by atoms with E-state index in [1.165, 1.54) is 11.3 Å². The third-order valence-corrected chi connectivity index (χ3v) is 5.83. The third kappa shape index (κ3) is 3.60. The summed E-state index contributed by atoms with van der Waals surface area (Å²) in [6.45, 7) is 0. The van der Waals surface area contributed by atoms with Gasteiger partial charge in [0.25, 0.3) is 0 Å². The Labute approximate surface area is 180 Å². The minimum Gasteiger partial charge on any atom is -0.454 e. The fourth-order valence-corrected chi connectivity index (χ4v) is 4.40. The lowest BCUT2D eigenvalue weighted by Gasteiger charge is -2.07. The zero-order valence-electron chi connectivity index (χ0n) is 14.9. The van der Waals surface area contributed by atoms with Crippen LogP contribution in [0.3, 0.4) is 0 Å². The second-order valence-corrected chi connectivity index (χ2v) is 8.21. The smallest absolute Gasteiger partial charge is 0.204 e. The second kappa shape index (κ2) is 7.52. The molecule has 0 radical (unpaired) electrons. The highest BCUT2D eigenvalue weighted by molar-refractivity contribution is 7.22. The van der Waals surface area contributed by atoms with Crippen LogP contribution in [0.4, 0.5) is 5.13 Å². The summed E-state index contributed by atoms with van der Waals surface area (Å²) in [7, 11) is 0. The topological polar surface area (TPSA) is 50.4 Å². The van der Waals surface area contributed by atoms with Gasteiger partial charge in [-0.25, -0.2) is 4.98 Å². The zero-order valence-corrected chi connectivity index (χ0v) is 17.2. The molecule has 29 heavy (non-hydrogen) atoms. The lowest BCUT2D eigenvalue weighted by atomic mass is 10.1. The first-order valence-electron chi connectivity index (χ1n) is 8.81. The number of hydrogen-bond acceptors (Lipinski definition) is 5. The van der Waals surface area contributed by atoms with Gasteiger partial charge in [-0.3, -0.25) is 5.43 Å². The van der Waals surface area contributed by atoms with Crippen molar-refractivity contribution in [3.8, 4) is 11.3 Å². The molecule has 0 bridgehead atoms. The van der Waals surface area contributed by atoms with Crippen molar-refractivity contribution in [1.82, 2.24) is 4.98 Å². The average molecular weight is 438 g/mol. The molecule has 0 aliphatic carbocycles. The molecule has 3 aromatic carbocycles. The summed E-state index contributed by atoms with van der Waals surface area (Å²) in [4.78, 5) is 4.56. The first kappa shape index (κ1) is 18.2. The molecule has 142 valence electrons. The number of fused-ring (bicyclic) bond motifs is 2. The van der Waals surface area contributed by atoms with Crippen LogP contribution in [0.5, 0.6) is 0 Å². The molecule has 0 aliphatic rings. The first-order chi connectivity index (χ1) is 14.2. The largest absolute Gasteiger partial charge is 0.454 e. The fraction of sp³-hybridized carbons (Fsp3) is 0. The standard InChI is InChI=1S/C22H13Cl2N3OS/c23-14-10-15-18(26-27-22-25-17-8-4-5-9-20(17)29-22)12-19(13-6-2-1-3-7-13)28-21(15)16(24)11-14/h1-12H,(H,25,27). The van der Waals surface area contributed by atoms with Crippen molar-refractivity contribution >= 4 is 60.9 Å². The van der Waals surface area contributed by atoms with E-state index < -0.39 is 0 Å². The van der Waals surface area contributed by atoms with E-state index in [-0.39, 0.29) is 0 Å². The molecule has 4 nitrogen and oxygen atoms in total. The Morgan fingerprint density at radius 1 is 0.931 bits per heavy atom. The number of halogens is 2. The number of benzene rings is 3. The maximum atomic E-state index is 6.41. The minimum absolute atomic E-state index is 0.432. The van der Waals surface area contributed by atoms with E-state index in [4.69, 9.17) is 27.6 Å². The van der Waals surface area contributed by atoms with Crippen molar-refractivity contribution in [3.05, 3.63) is 88.2 Å². The molecule has 0 aliphatic heterocycles. The Hall–Kier alpha value is -2.86. The zero-order chi connectivity index (χ0) is 19.8. The van der Waals surface area contributed by atoms with Crippen LogP contribution in [0, 0.1) is 0 Å². The number of rotatable bonds is 3. The molecule has 0 fully saturated rings. The van der Waals surface area contributed by atoms with E-state index >= 15 is 0 Å². The number of para-hydroxylation sites is 1. The molecular weight excluding hydrogens is 425 g/mol. The van der Waals surface area contributed by atoms with Crippen LogP contribution in [0.15, 0.2) is 82.3 Å². The Bertz CT molecular complexity index is 1380. The van der Waals surface area contributed by atoms with Crippen molar-refractivity contribution < 1.29 is 4.42 Å². The van der Waals surface area contributed by atoms with Crippen LogP contribution in [-0.4, -0.2) is 4.98 Å². The summed E-state index contributed by atoms with van der Waals surface area (Å²) in [5, 5.41) is 7.62. The summed E-state index contributed by atoms with van der Waals surface area (Å²) in [6.07, 6.45) is 0. The van der Waals surface area contributed by atoms with Gasteiger partial charge in [0.05, 0.1) is 20.6 Å². The quantitative estimate of drug-likeness (QED) is 0.310. The molecule has 1 N–H and O–H groups in total. The van der Waals surface area contributed by atoms with Gasteiger partial charge in [0.2, 0.25) is 5.13 Å². The Morgan fingerprint density at radius 2 is 1.72 bits per heavy atom. The summed E-state index contributed by atoms with van der Waals surface area (Å²) in [5.41, 5.74) is 5.45.